The predicted octanol–water partition coefficient (Wildman–Crippen LogP) is 4.03. The molecule has 0 unspecified atom stereocenters. The Hall–Kier alpha value is -3.21. The van der Waals surface area contributed by atoms with Crippen LogP contribution in [0.4, 0.5) is 11.6 Å². The van der Waals surface area contributed by atoms with Gasteiger partial charge >= 0.3 is 0 Å². The van der Waals surface area contributed by atoms with Crippen LogP contribution in [0.25, 0.3) is 0 Å². The summed E-state index contributed by atoms with van der Waals surface area (Å²) in [6, 6.07) is 20.2. The third-order valence-electron chi connectivity index (χ3n) is 4.97. The van der Waals surface area contributed by atoms with E-state index in [0.717, 1.165) is 37.2 Å². The van der Waals surface area contributed by atoms with Crippen LogP contribution >= 0.6 is 0 Å². The van der Waals surface area contributed by atoms with Gasteiger partial charge in [-0.3, -0.25) is 4.79 Å². The van der Waals surface area contributed by atoms with Crippen molar-refractivity contribution in [1.29, 1.82) is 0 Å². The van der Waals surface area contributed by atoms with E-state index in [9.17, 15) is 4.79 Å². The molecule has 2 aromatic carbocycles. The zero-order valence-electron chi connectivity index (χ0n) is 16.1. The van der Waals surface area contributed by atoms with Gasteiger partial charge in [-0.25, -0.2) is 9.97 Å². The van der Waals surface area contributed by atoms with E-state index in [0.29, 0.717) is 18.2 Å². The number of nitrogens with zero attached hydrogens (tertiary/aromatic N) is 3. The van der Waals surface area contributed by atoms with Crippen LogP contribution in [0.2, 0.25) is 0 Å². The van der Waals surface area contributed by atoms with Crippen LogP contribution in [0.3, 0.4) is 0 Å². The number of amides is 1. The van der Waals surface area contributed by atoms with Gasteiger partial charge in [0.15, 0.2) is 0 Å². The maximum atomic E-state index is 13.0. The van der Waals surface area contributed by atoms with Crippen molar-refractivity contribution in [2.45, 2.75) is 26.2 Å². The van der Waals surface area contributed by atoms with E-state index >= 15 is 0 Å². The largest absolute Gasteiger partial charge is 0.354 e. The normalized spacial score (nSPS) is 12.7. The summed E-state index contributed by atoms with van der Waals surface area (Å²) in [6.07, 6.45) is 2.86. The average Bonchev–Trinajstić information content (AvgIpc) is 3.15. The number of anilines is 2. The van der Waals surface area contributed by atoms with Gasteiger partial charge in [-0.05, 0) is 49.4 Å². The molecule has 5 heteroatoms. The van der Waals surface area contributed by atoms with Crippen molar-refractivity contribution in [2.24, 2.45) is 0 Å². The Kier molecular flexibility index (Phi) is 5.33. The summed E-state index contributed by atoms with van der Waals surface area (Å²) in [7, 11) is 0. The third kappa shape index (κ3) is 4.03. The summed E-state index contributed by atoms with van der Waals surface area (Å²) in [5, 5.41) is 3.27. The first-order valence-electron chi connectivity index (χ1n) is 9.74. The highest BCUT2D eigenvalue weighted by molar-refractivity contribution is 6.06. The second-order valence-electron chi connectivity index (χ2n) is 7.07. The van der Waals surface area contributed by atoms with E-state index in [-0.39, 0.29) is 5.91 Å². The summed E-state index contributed by atoms with van der Waals surface area (Å²) in [5.74, 6) is 0.451. The van der Waals surface area contributed by atoms with Crippen LogP contribution in [0, 0.1) is 6.92 Å². The Labute approximate surface area is 165 Å². The molecule has 0 radical (unpaired) electrons. The molecule has 142 valence electrons. The fourth-order valence-electron chi connectivity index (χ4n) is 3.58. The lowest BCUT2D eigenvalue weighted by atomic mass is 10.1. The smallest absolute Gasteiger partial charge is 0.277 e. The summed E-state index contributed by atoms with van der Waals surface area (Å²) in [4.78, 5) is 23.8. The Morgan fingerprint density at radius 1 is 1.07 bits per heavy atom. The lowest BCUT2D eigenvalue weighted by Gasteiger charge is -2.17. The summed E-state index contributed by atoms with van der Waals surface area (Å²) in [6.45, 7) is 3.35. The SMILES string of the molecule is Cc1cc(C(=O)N2CCc3ccccc32)nc(NCCCc2ccccc2)n1. The number of nitrogens with one attached hydrogen (secondary N) is 1. The lowest BCUT2D eigenvalue weighted by Crippen LogP contribution is -2.30. The molecule has 28 heavy (non-hydrogen) atoms. The molecule has 0 spiro atoms. The van der Waals surface area contributed by atoms with Crippen LogP contribution < -0.4 is 10.2 Å². The van der Waals surface area contributed by atoms with Crippen molar-refractivity contribution in [2.75, 3.05) is 23.3 Å². The standard InChI is InChI=1S/C23H24N4O/c1-17-16-20(22(28)27-15-13-19-11-5-6-12-21(19)27)26-23(25-17)24-14-7-10-18-8-3-2-4-9-18/h2-6,8-9,11-12,16H,7,10,13-15H2,1H3,(H,24,25,26). The highest BCUT2D eigenvalue weighted by Gasteiger charge is 2.26. The zero-order valence-corrected chi connectivity index (χ0v) is 16.1. The molecule has 0 saturated heterocycles. The third-order valence-corrected chi connectivity index (χ3v) is 4.97. The minimum Gasteiger partial charge on any atom is -0.354 e. The van der Waals surface area contributed by atoms with E-state index in [2.05, 4.69) is 45.6 Å². The molecule has 0 fully saturated rings. The Bertz CT molecular complexity index is 971. The van der Waals surface area contributed by atoms with Gasteiger partial charge in [-0.2, -0.15) is 0 Å². The number of hydrogen-bond acceptors (Lipinski definition) is 4. The predicted molar refractivity (Wildman–Crippen MR) is 112 cm³/mol. The molecule has 1 amide bonds. The van der Waals surface area contributed by atoms with Crippen molar-refractivity contribution < 1.29 is 4.79 Å². The van der Waals surface area contributed by atoms with Gasteiger partial charge in [0, 0.05) is 24.5 Å². The molecule has 0 bridgehead atoms. The number of hydrogen-bond donors (Lipinski definition) is 1. The molecule has 1 aliphatic rings. The van der Waals surface area contributed by atoms with Gasteiger partial charge in [0.25, 0.3) is 5.91 Å². The highest BCUT2D eigenvalue weighted by atomic mass is 16.2. The van der Waals surface area contributed by atoms with Gasteiger partial charge in [0.2, 0.25) is 5.95 Å². The number of benzene rings is 2. The minimum absolute atomic E-state index is 0.0669. The van der Waals surface area contributed by atoms with Crippen molar-refractivity contribution >= 4 is 17.5 Å². The summed E-state index contributed by atoms with van der Waals surface area (Å²) >= 11 is 0. The highest BCUT2D eigenvalue weighted by Crippen LogP contribution is 2.28. The fourth-order valence-corrected chi connectivity index (χ4v) is 3.58. The fraction of sp³-hybridized carbons (Fsp3) is 0.261. The van der Waals surface area contributed by atoms with Gasteiger partial charge < -0.3 is 10.2 Å². The molecule has 1 aromatic heterocycles. The van der Waals surface area contributed by atoms with Gasteiger partial charge in [-0.1, -0.05) is 48.5 Å². The number of fused-ring (bicyclic) bond motifs is 1. The zero-order chi connectivity index (χ0) is 19.3. The van der Waals surface area contributed by atoms with E-state index in [4.69, 9.17) is 0 Å². The first-order valence-corrected chi connectivity index (χ1v) is 9.74. The monoisotopic (exact) mass is 372 g/mol. The molecule has 1 N–H and O–H groups in total. The Balaban J connectivity index is 1.42. The Morgan fingerprint density at radius 2 is 1.86 bits per heavy atom. The van der Waals surface area contributed by atoms with Crippen LogP contribution in [0.1, 0.15) is 33.7 Å². The van der Waals surface area contributed by atoms with E-state index in [1.807, 2.05) is 36.1 Å². The molecule has 3 aromatic rings. The van der Waals surface area contributed by atoms with Crippen LogP contribution in [-0.2, 0) is 12.8 Å². The topological polar surface area (TPSA) is 58.1 Å². The average molecular weight is 372 g/mol. The van der Waals surface area contributed by atoms with Crippen molar-refractivity contribution in [3.05, 3.63) is 83.2 Å². The molecule has 2 heterocycles. The maximum Gasteiger partial charge on any atom is 0.277 e. The molecule has 4 rings (SSSR count). The molecule has 1 aliphatic heterocycles. The first kappa shape index (κ1) is 18.2. The number of para-hydroxylation sites is 1. The van der Waals surface area contributed by atoms with Crippen molar-refractivity contribution in [3.63, 3.8) is 0 Å². The van der Waals surface area contributed by atoms with Crippen molar-refractivity contribution in [3.8, 4) is 0 Å². The number of aromatic nitrogens is 2. The van der Waals surface area contributed by atoms with E-state index in [1.165, 1.54) is 11.1 Å². The van der Waals surface area contributed by atoms with E-state index < -0.39 is 0 Å². The number of aryl methyl sites for hydroxylation is 2. The quantitative estimate of drug-likeness (QED) is 0.664. The molecular formula is C23H24N4O. The van der Waals surface area contributed by atoms with Gasteiger partial charge in [-0.15, -0.1) is 0 Å². The number of carbonyl (C=O) groups is 1. The molecule has 0 aliphatic carbocycles. The summed E-state index contributed by atoms with van der Waals surface area (Å²) < 4.78 is 0. The Morgan fingerprint density at radius 3 is 2.71 bits per heavy atom. The lowest BCUT2D eigenvalue weighted by molar-refractivity contribution is 0.0984. The van der Waals surface area contributed by atoms with E-state index in [1.54, 1.807) is 6.07 Å². The molecule has 5 nitrogen and oxygen atoms in total. The minimum atomic E-state index is -0.0669. The molecule has 0 saturated carbocycles. The van der Waals surface area contributed by atoms with Gasteiger partial charge in [0.1, 0.15) is 5.69 Å². The molecular weight excluding hydrogens is 348 g/mol. The van der Waals surface area contributed by atoms with Crippen LogP contribution in [0.15, 0.2) is 60.7 Å². The second-order valence-corrected chi connectivity index (χ2v) is 7.07. The van der Waals surface area contributed by atoms with Gasteiger partial charge in [0.05, 0.1) is 0 Å². The summed E-state index contributed by atoms with van der Waals surface area (Å²) in [5.41, 5.74) is 4.74. The second kappa shape index (κ2) is 8.21. The van der Waals surface area contributed by atoms with Crippen LogP contribution in [0.5, 0.6) is 0 Å². The molecule has 0 atom stereocenters. The van der Waals surface area contributed by atoms with Crippen molar-refractivity contribution in [1.82, 2.24) is 9.97 Å². The maximum absolute atomic E-state index is 13.0. The number of rotatable bonds is 6. The number of carbonyl (C=O) groups excluding carboxylic acids is 1. The van der Waals surface area contributed by atoms with Crippen LogP contribution in [-0.4, -0.2) is 29.0 Å². The first-order chi connectivity index (χ1) is 13.7.